The molecule has 2 rings (SSSR count). The van der Waals surface area contributed by atoms with E-state index in [9.17, 15) is 0 Å². The van der Waals surface area contributed by atoms with Crippen LogP contribution in [-0.2, 0) is 5.75 Å². The van der Waals surface area contributed by atoms with Gasteiger partial charge in [-0.1, -0.05) is 11.8 Å². The second-order valence-electron chi connectivity index (χ2n) is 2.54. The first-order valence-electron chi connectivity index (χ1n) is 3.97. The largest absolute Gasteiger partial charge is 0.453 e. The van der Waals surface area contributed by atoms with Gasteiger partial charge in [-0.25, -0.2) is 4.98 Å². The lowest BCUT2D eigenvalue weighted by Crippen LogP contribution is -1.81. The Bertz CT molecular complexity index is 404. The molecule has 0 saturated heterocycles. The topological polar surface area (TPSA) is 38.9 Å². The number of thioether (sulfide) groups is 1. The van der Waals surface area contributed by atoms with Crippen LogP contribution < -0.4 is 0 Å². The van der Waals surface area contributed by atoms with E-state index in [0.29, 0.717) is 0 Å². The van der Waals surface area contributed by atoms with Crippen LogP contribution in [0, 0.1) is 0 Å². The van der Waals surface area contributed by atoms with E-state index in [1.807, 2.05) is 12.1 Å². The maximum Gasteiger partial charge on any atom is 0.169 e. The van der Waals surface area contributed by atoms with Crippen LogP contribution in [0.15, 0.2) is 44.8 Å². The Hall–Kier alpha value is -0.810. The van der Waals surface area contributed by atoms with Crippen LogP contribution >= 0.6 is 27.7 Å². The fraction of sp³-hybridized carbons (Fsp3) is 0.111. The molecule has 0 atom stereocenters. The van der Waals surface area contributed by atoms with Crippen molar-refractivity contribution in [2.75, 3.05) is 0 Å². The Balaban J connectivity index is 1.95. The lowest BCUT2D eigenvalue weighted by atomic mass is 10.5. The first kappa shape index (κ1) is 9.73. The molecule has 0 aliphatic heterocycles. The summed E-state index contributed by atoms with van der Waals surface area (Å²) in [5.41, 5.74) is 0. The molecule has 0 aromatic carbocycles. The van der Waals surface area contributed by atoms with Crippen LogP contribution in [0.1, 0.15) is 5.76 Å². The van der Waals surface area contributed by atoms with E-state index in [0.717, 1.165) is 21.2 Å². The maximum absolute atomic E-state index is 5.35. The van der Waals surface area contributed by atoms with Crippen molar-refractivity contribution in [3.05, 3.63) is 41.2 Å². The Morgan fingerprint density at radius 1 is 1.36 bits per heavy atom. The van der Waals surface area contributed by atoms with Crippen molar-refractivity contribution >= 4 is 27.7 Å². The normalized spacial score (nSPS) is 10.4. The molecule has 3 nitrogen and oxygen atoms in total. The van der Waals surface area contributed by atoms with Gasteiger partial charge in [0.1, 0.15) is 10.8 Å². The molecule has 0 saturated carbocycles. The highest BCUT2D eigenvalue weighted by Crippen LogP contribution is 2.22. The third kappa shape index (κ3) is 2.59. The summed E-state index contributed by atoms with van der Waals surface area (Å²) in [6, 6.07) is 3.82. The molecule has 2 heterocycles. The fourth-order valence-electron chi connectivity index (χ4n) is 0.934. The van der Waals surface area contributed by atoms with Crippen LogP contribution in [0.5, 0.6) is 0 Å². The number of rotatable bonds is 3. The average Bonchev–Trinajstić information content (AvgIpc) is 2.63. The van der Waals surface area contributed by atoms with Gasteiger partial charge in [0.2, 0.25) is 0 Å². The molecule has 0 bridgehead atoms. The van der Waals surface area contributed by atoms with Crippen molar-refractivity contribution in [1.82, 2.24) is 9.97 Å². The van der Waals surface area contributed by atoms with Gasteiger partial charge in [0.15, 0.2) is 4.67 Å². The van der Waals surface area contributed by atoms with Crippen molar-refractivity contribution < 1.29 is 4.42 Å². The molecule has 0 unspecified atom stereocenters. The molecule has 0 aliphatic carbocycles. The molecule has 5 heteroatoms. The first-order valence-corrected chi connectivity index (χ1v) is 5.75. The molecule has 2 aromatic rings. The summed E-state index contributed by atoms with van der Waals surface area (Å²) in [4.78, 5) is 8.13. The smallest absolute Gasteiger partial charge is 0.169 e. The summed E-state index contributed by atoms with van der Waals surface area (Å²) in [7, 11) is 0. The summed E-state index contributed by atoms with van der Waals surface area (Å²) in [5, 5.41) is 0.903. The second kappa shape index (κ2) is 4.61. The Morgan fingerprint density at radius 2 is 2.29 bits per heavy atom. The van der Waals surface area contributed by atoms with Crippen molar-refractivity contribution in [1.29, 1.82) is 0 Å². The van der Waals surface area contributed by atoms with Crippen molar-refractivity contribution in [2.24, 2.45) is 0 Å². The SMILES string of the molecule is Brc1ccc(CSc2cnccn2)o1. The minimum absolute atomic E-state index is 0.757. The predicted molar refractivity (Wildman–Crippen MR) is 58.0 cm³/mol. The molecule has 0 fully saturated rings. The number of halogens is 1. The number of furan rings is 1. The molecule has 72 valence electrons. The van der Waals surface area contributed by atoms with Gasteiger partial charge in [0, 0.05) is 12.4 Å². The number of aromatic nitrogens is 2. The molecular weight excluding hydrogens is 264 g/mol. The quantitative estimate of drug-likeness (QED) is 0.804. The maximum atomic E-state index is 5.35. The first-order chi connectivity index (χ1) is 6.84. The van der Waals surface area contributed by atoms with E-state index in [2.05, 4.69) is 25.9 Å². The molecule has 0 amide bonds. The summed E-state index contributed by atoms with van der Waals surface area (Å²) in [6.45, 7) is 0. The number of hydrogen-bond acceptors (Lipinski definition) is 4. The van der Waals surface area contributed by atoms with Gasteiger partial charge in [-0.15, -0.1) is 0 Å². The van der Waals surface area contributed by atoms with Gasteiger partial charge in [-0.05, 0) is 28.1 Å². The molecule has 0 aliphatic rings. The van der Waals surface area contributed by atoms with Gasteiger partial charge in [0.25, 0.3) is 0 Å². The van der Waals surface area contributed by atoms with Crippen LogP contribution in [-0.4, -0.2) is 9.97 Å². The Morgan fingerprint density at radius 3 is 2.93 bits per heavy atom. The van der Waals surface area contributed by atoms with Crippen LogP contribution in [0.2, 0.25) is 0 Å². The highest BCUT2D eigenvalue weighted by Gasteiger charge is 2.01. The Labute approximate surface area is 94.1 Å². The highest BCUT2D eigenvalue weighted by molar-refractivity contribution is 9.10. The molecule has 2 aromatic heterocycles. The van der Waals surface area contributed by atoms with Gasteiger partial charge in [-0.2, -0.15) is 0 Å². The van der Waals surface area contributed by atoms with Gasteiger partial charge in [-0.3, -0.25) is 4.98 Å². The van der Waals surface area contributed by atoms with Crippen LogP contribution in [0.3, 0.4) is 0 Å². The zero-order chi connectivity index (χ0) is 9.80. The number of nitrogens with zero attached hydrogens (tertiary/aromatic N) is 2. The zero-order valence-electron chi connectivity index (χ0n) is 7.18. The van der Waals surface area contributed by atoms with Crippen LogP contribution in [0.25, 0.3) is 0 Å². The zero-order valence-corrected chi connectivity index (χ0v) is 9.59. The highest BCUT2D eigenvalue weighted by atomic mass is 79.9. The summed E-state index contributed by atoms with van der Waals surface area (Å²) >= 11 is 4.85. The van der Waals surface area contributed by atoms with Gasteiger partial charge in [0.05, 0.1) is 11.9 Å². The lowest BCUT2D eigenvalue weighted by molar-refractivity contribution is 0.506. The van der Waals surface area contributed by atoms with Crippen molar-refractivity contribution in [2.45, 2.75) is 10.8 Å². The molecular formula is C9H7BrN2OS. The molecule has 0 spiro atoms. The third-order valence-corrected chi connectivity index (χ3v) is 2.89. The summed E-state index contributed by atoms with van der Waals surface area (Å²) in [6.07, 6.45) is 5.08. The standard InChI is InChI=1S/C9H7BrN2OS/c10-8-2-1-7(13-8)6-14-9-5-11-3-4-12-9/h1-5H,6H2. The minimum Gasteiger partial charge on any atom is -0.453 e. The van der Waals surface area contributed by atoms with Crippen molar-refractivity contribution in [3.63, 3.8) is 0 Å². The van der Waals surface area contributed by atoms with Gasteiger partial charge >= 0.3 is 0 Å². The molecule has 0 radical (unpaired) electrons. The van der Waals surface area contributed by atoms with E-state index in [4.69, 9.17) is 4.42 Å². The Kier molecular flexibility index (Phi) is 3.21. The second-order valence-corrected chi connectivity index (χ2v) is 4.32. The van der Waals surface area contributed by atoms with Crippen LogP contribution in [0.4, 0.5) is 0 Å². The summed E-state index contributed by atoms with van der Waals surface area (Å²) in [5.74, 6) is 1.69. The van der Waals surface area contributed by atoms with Crippen molar-refractivity contribution in [3.8, 4) is 0 Å². The minimum atomic E-state index is 0.757. The van der Waals surface area contributed by atoms with E-state index < -0.39 is 0 Å². The van der Waals surface area contributed by atoms with E-state index in [1.165, 1.54) is 0 Å². The van der Waals surface area contributed by atoms with E-state index in [1.54, 1.807) is 30.4 Å². The van der Waals surface area contributed by atoms with Gasteiger partial charge < -0.3 is 4.42 Å². The fourth-order valence-corrected chi connectivity index (χ4v) is 1.99. The molecule has 14 heavy (non-hydrogen) atoms. The monoisotopic (exact) mass is 270 g/mol. The average molecular weight is 271 g/mol. The third-order valence-electron chi connectivity index (χ3n) is 1.53. The predicted octanol–water partition coefficient (Wildman–Crippen LogP) is 3.12. The van der Waals surface area contributed by atoms with E-state index in [-0.39, 0.29) is 0 Å². The number of hydrogen-bond donors (Lipinski definition) is 0. The summed E-state index contributed by atoms with van der Waals surface area (Å²) < 4.78 is 6.11. The van der Waals surface area contributed by atoms with E-state index >= 15 is 0 Å². The lowest BCUT2D eigenvalue weighted by Gasteiger charge is -1.96. The molecule has 0 N–H and O–H groups in total.